The van der Waals surface area contributed by atoms with Crippen LogP contribution in [0.25, 0.3) is 0 Å². The van der Waals surface area contributed by atoms with Crippen LogP contribution in [0.2, 0.25) is 0 Å². The lowest BCUT2D eigenvalue weighted by atomic mass is 10.1. The smallest absolute Gasteiger partial charge is 0.205 e. The Hall–Kier alpha value is -0.0200. The summed E-state index contributed by atoms with van der Waals surface area (Å²) in [5.41, 5.74) is 5.50. The first-order valence-electron chi connectivity index (χ1n) is 7.60. The zero-order valence-electron chi connectivity index (χ0n) is 12.2. The minimum atomic E-state index is -0.307. The van der Waals surface area contributed by atoms with Gasteiger partial charge in [-0.2, -0.15) is 0 Å². The van der Waals surface area contributed by atoms with Gasteiger partial charge in [-0.05, 0) is 13.3 Å². The molecule has 0 unspecified atom stereocenters. The molecule has 0 aliphatic heterocycles. The SMILES string of the molecule is CCCCCCCCCCCCSC(=O)[C@H](C)N. The second kappa shape index (κ2) is 13.4. The Bertz CT molecular complexity index is 195. The van der Waals surface area contributed by atoms with Crippen molar-refractivity contribution in [3.05, 3.63) is 0 Å². The molecule has 0 radical (unpaired) electrons. The van der Waals surface area contributed by atoms with Gasteiger partial charge in [0.2, 0.25) is 5.12 Å². The number of carbonyl (C=O) groups is 1. The van der Waals surface area contributed by atoms with Crippen molar-refractivity contribution < 1.29 is 4.79 Å². The average Bonchev–Trinajstić information content (AvgIpc) is 2.35. The molecule has 3 heteroatoms. The molecule has 2 nitrogen and oxygen atoms in total. The molecule has 0 amide bonds. The van der Waals surface area contributed by atoms with Crippen molar-refractivity contribution in [1.29, 1.82) is 0 Å². The molecule has 0 heterocycles. The monoisotopic (exact) mass is 273 g/mol. The van der Waals surface area contributed by atoms with Crippen LogP contribution in [0.4, 0.5) is 0 Å². The van der Waals surface area contributed by atoms with E-state index in [1.165, 1.54) is 69.5 Å². The molecule has 0 aliphatic rings. The third kappa shape index (κ3) is 12.4. The normalized spacial score (nSPS) is 12.6. The van der Waals surface area contributed by atoms with Crippen LogP contribution in [0, 0.1) is 0 Å². The molecular formula is C15H31NOS. The van der Waals surface area contributed by atoms with Gasteiger partial charge in [0.25, 0.3) is 0 Å². The molecule has 0 saturated carbocycles. The second-order valence-electron chi connectivity index (χ2n) is 5.14. The minimum absolute atomic E-state index is 0.130. The van der Waals surface area contributed by atoms with E-state index in [0.29, 0.717) is 0 Å². The van der Waals surface area contributed by atoms with Crippen molar-refractivity contribution in [3.63, 3.8) is 0 Å². The highest BCUT2D eigenvalue weighted by Gasteiger charge is 2.06. The molecule has 18 heavy (non-hydrogen) atoms. The number of hydrogen-bond donors (Lipinski definition) is 1. The number of rotatable bonds is 12. The van der Waals surface area contributed by atoms with Crippen LogP contribution in [0.15, 0.2) is 0 Å². The van der Waals surface area contributed by atoms with E-state index in [9.17, 15) is 4.79 Å². The topological polar surface area (TPSA) is 43.1 Å². The van der Waals surface area contributed by atoms with Crippen molar-refractivity contribution in [2.24, 2.45) is 5.73 Å². The van der Waals surface area contributed by atoms with Crippen molar-refractivity contribution in [2.45, 2.75) is 84.1 Å². The second-order valence-corrected chi connectivity index (χ2v) is 6.24. The van der Waals surface area contributed by atoms with Crippen LogP contribution >= 0.6 is 11.8 Å². The number of thioether (sulfide) groups is 1. The lowest BCUT2D eigenvalue weighted by molar-refractivity contribution is -0.111. The molecule has 0 aliphatic carbocycles. The van der Waals surface area contributed by atoms with Gasteiger partial charge in [-0.3, -0.25) is 4.79 Å². The van der Waals surface area contributed by atoms with E-state index in [1.54, 1.807) is 6.92 Å². The van der Waals surface area contributed by atoms with Gasteiger partial charge >= 0.3 is 0 Å². The van der Waals surface area contributed by atoms with Crippen LogP contribution in [-0.4, -0.2) is 16.9 Å². The Balaban J connectivity index is 3.05. The molecule has 108 valence electrons. The van der Waals surface area contributed by atoms with E-state index in [1.807, 2.05) is 0 Å². The van der Waals surface area contributed by atoms with Gasteiger partial charge in [0, 0.05) is 5.75 Å². The predicted octanol–water partition coefficient (Wildman–Crippen LogP) is 4.51. The Morgan fingerprint density at radius 3 is 1.83 bits per heavy atom. The van der Waals surface area contributed by atoms with Crippen LogP contribution in [0.5, 0.6) is 0 Å². The van der Waals surface area contributed by atoms with Gasteiger partial charge in [-0.25, -0.2) is 0 Å². The fourth-order valence-electron chi connectivity index (χ4n) is 1.89. The summed E-state index contributed by atoms with van der Waals surface area (Å²) in [6, 6.07) is -0.307. The first kappa shape index (κ1) is 18.0. The maximum Gasteiger partial charge on any atom is 0.205 e. The lowest BCUT2D eigenvalue weighted by Gasteiger charge is -2.04. The molecule has 0 spiro atoms. The fraction of sp³-hybridized carbons (Fsp3) is 0.933. The highest BCUT2D eigenvalue weighted by molar-refractivity contribution is 8.13. The maximum atomic E-state index is 11.2. The summed E-state index contributed by atoms with van der Waals surface area (Å²) >= 11 is 1.40. The molecule has 0 bridgehead atoms. The van der Waals surface area contributed by atoms with Gasteiger partial charge in [-0.15, -0.1) is 0 Å². The van der Waals surface area contributed by atoms with E-state index in [0.717, 1.165) is 12.2 Å². The molecule has 0 rings (SSSR count). The Morgan fingerprint density at radius 2 is 1.39 bits per heavy atom. The van der Waals surface area contributed by atoms with Crippen molar-refractivity contribution in [3.8, 4) is 0 Å². The van der Waals surface area contributed by atoms with E-state index in [-0.39, 0.29) is 11.2 Å². The summed E-state index contributed by atoms with van der Waals surface area (Å²) in [6.45, 7) is 4.02. The molecule has 0 fully saturated rings. The number of carbonyl (C=O) groups excluding carboxylic acids is 1. The first-order chi connectivity index (χ1) is 8.68. The molecule has 2 N–H and O–H groups in total. The fourth-order valence-corrected chi connectivity index (χ4v) is 2.71. The third-order valence-electron chi connectivity index (χ3n) is 3.11. The van der Waals surface area contributed by atoms with Crippen molar-refractivity contribution >= 4 is 16.9 Å². The van der Waals surface area contributed by atoms with Gasteiger partial charge in [0.05, 0.1) is 6.04 Å². The van der Waals surface area contributed by atoms with Crippen LogP contribution < -0.4 is 5.73 Å². The zero-order valence-corrected chi connectivity index (χ0v) is 13.1. The molecule has 0 aromatic rings. The van der Waals surface area contributed by atoms with E-state index in [2.05, 4.69) is 6.92 Å². The van der Waals surface area contributed by atoms with E-state index in [4.69, 9.17) is 5.73 Å². The molecular weight excluding hydrogens is 242 g/mol. The van der Waals surface area contributed by atoms with Crippen LogP contribution in [-0.2, 0) is 4.79 Å². The minimum Gasteiger partial charge on any atom is -0.321 e. The number of unbranched alkanes of at least 4 members (excludes halogenated alkanes) is 9. The Labute approximate surface area is 117 Å². The first-order valence-corrected chi connectivity index (χ1v) is 8.59. The highest BCUT2D eigenvalue weighted by atomic mass is 32.2. The largest absolute Gasteiger partial charge is 0.321 e. The molecule has 1 atom stereocenters. The summed E-state index contributed by atoms with van der Waals surface area (Å²) in [4.78, 5) is 11.2. The quantitative estimate of drug-likeness (QED) is 0.532. The number of hydrogen-bond acceptors (Lipinski definition) is 3. The lowest BCUT2D eigenvalue weighted by Crippen LogP contribution is -2.24. The molecule has 0 aromatic carbocycles. The van der Waals surface area contributed by atoms with Gasteiger partial charge in [0.1, 0.15) is 0 Å². The van der Waals surface area contributed by atoms with Gasteiger partial charge in [0.15, 0.2) is 0 Å². The van der Waals surface area contributed by atoms with Crippen molar-refractivity contribution in [1.82, 2.24) is 0 Å². The summed E-state index contributed by atoms with van der Waals surface area (Å²) in [7, 11) is 0. The maximum absolute atomic E-state index is 11.2. The highest BCUT2D eigenvalue weighted by Crippen LogP contribution is 2.13. The van der Waals surface area contributed by atoms with Crippen LogP contribution in [0.3, 0.4) is 0 Å². The standard InChI is InChI=1S/C15H31NOS/c1-3-4-5-6-7-8-9-10-11-12-13-18-15(17)14(2)16/h14H,3-13,16H2,1-2H3/t14-/m0/s1. The zero-order chi connectivity index (χ0) is 13.6. The Morgan fingerprint density at radius 1 is 0.944 bits per heavy atom. The number of nitrogens with two attached hydrogens (primary N) is 1. The Kier molecular flexibility index (Phi) is 13.4. The van der Waals surface area contributed by atoms with Crippen LogP contribution in [0.1, 0.15) is 78.1 Å². The molecule has 0 saturated heterocycles. The summed E-state index contributed by atoms with van der Waals surface area (Å²) in [5, 5.41) is 0.130. The van der Waals surface area contributed by atoms with E-state index < -0.39 is 0 Å². The molecule has 0 aromatic heterocycles. The predicted molar refractivity (Wildman–Crippen MR) is 83.0 cm³/mol. The van der Waals surface area contributed by atoms with E-state index >= 15 is 0 Å². The summed E-state index contributed by atoms with van der Waals surface area (Å²) in [5.74, 6) is 0.941. The summed E-state index contributed by atoms with van der Waals surface area (Å²) < 4.78 is 0. The van der Waals surface area contributed by atoms with Gasteiger partial charge < -0.3 is 5.73 Å². The van der Waals surface area contributed by atoms with Gasteiger partial charge in [-0.1, -0.05) is 76.5 Å². The third-order valence-corrected chi connectivity index (χ3v) is 4.26. The van der Waals surface area contributed by atoms with Crippen molar-refractivity contribution in [2.75, 3.05) is 5.75 Å². The average molecular weight is 273 g/mol. The summed E-state index contributed by atoms with van der Waals surface area (Å²) in [6.07, 6.45) is 13.4.